The summed E-state index contributed by atoms with van der Waals surface area (Å²) in [4.78, 5) is 13.1. The van der Waals surface area contributed by atoms with Gasteiger partial charge >= 0.3 is 0 Å². The van der Waals surface area contributed by atoms with E-state index in [2.05, 4.69) is 64.2 Å². The van der Waals surface area contributed by atoms with E-state index in [4.69, 9.17) is 10.1 Å². The van der Waals surface area contributed by atoms with Gasteiger partial charge in [0.05, 0.1) is 17.8 Å². The number of β-amino-alcohol motifs (C(OH)–C–C–N with tert-alkyl or cyclic N) is 1. The number of aryl methyl sites for hydroxylation is 1. The predicted octanol–water partition coefficient (Wildman–Crippen LogP) is 2.91. The molecule has 0 bridgehead atoms. The highest BCUT2D eigenvalue weighted by Crippen LogP contribution is 2.29. The molecule has 26 heavy (non-hydrogen) atoms. The van der Waals surface area contributed by atoms with Crippen LogP contribution in [0, 0.1) is 0 Å². The van der Waals surface area contributed by atoms with Crippen molar-refractivity contribution in [2.24, 2.45) is 0 Å². The number of benzene rings is 2. The number of H-pyrrole nitrogens is 1. The molecule has 5 heteroatoms. The molecule has 1 aromatic heterocycles. The van der Waals surface area contributed by atoms with Crippen molar-refractivity contribution in [1.82, 2.24) is 14.9 Å². The highest BCUT2D eigenvalue weighted by Gasteiger charge is 2.19. The van der Waals surface area contributed by atoms with Crippen LogP contribution < -0.4 is 4.90 Å². The second kappa shape index (κ2) is 7.48. The number of nitrogens with zero attached hydrogens (tertiary/aromatic N) is 3. The summed E-state index contributed by atoms with van der Waals surface area (Å²) in [5.41, 5.74) is 5.77. The van der Waals surface area contributed by atoms with Crippen molar-refractivity contribution in [3.63, 3.8) is 0 Å². The number of aliphatic hydroxyl groups excluding tert-OH is 1. The van der Waals surface area contributed by atoms with E-state index in [1.54, 1.807) is 0 Å². The van der Waals surface area contributed by atoms with Crippen molar-refractivity contribution >= 4 is 16.7 Å². The quantitative estimate of drug-likeness (QED) is 0.743. The largest absolute Gasteiger partial charge is 0.395 e. The van der Waals surface area contributed by atoms with Gasteiger partial charge in [0.2, 0.25) is 0 Å². The molecule has 0 unspecified atom stereocenters. The Balaban J connectivity index is 1.61. The van der Waals surface area contributed by atoms with Gasteiger partial charge in [-0.15, -0.1) is 0 Å². The van der Waals surface area contributed by atoms with Crippen LogP contribution in [0.4, 0.5) is 5.69 Å². The standard InChI is InChI=1S/C21H26N4O/c1-2-16-6-8-17(9-7-16)21-22-18-4-3-5-19(20(18)23-21)25-12-10-24(11-13-25)14-15-26/h3-9,26H,2,10-15H2,1H3,(H,22,23). The molecule has 0 radical (unpaired) electrons. The second-order valence-corrected chi connectivity index (χ2v) is 6.86. The number of aromatic nitrogens is 2. The van der Waals surface area contributed by atoms with E-state index in [9.17, 15) is 0 Å². The van der Waals surface area contributed by atoms with Crippen molar-refractivity contribution in [3.05, 3.63) is 48.0 Å². The highest BCUT2D eigenvalue weighted by atomic mass is 16.3. The zero-order chi connectivity index (χ0) is 17.9. The third kappa shape index (κ3) is 3.32. The minimum absolute atomic E-state index is 0.231. The Hall–Kier alpha value is -2.37. The fourth-order valence-electron chi connectivity index (χ4n) is 3.66. The summed E-state index contributed by atoms with van der Waals surface area (Å²) in [5.74, 6) is 0.925. The highest BCUT2D eigenvalue weighted by molar-refractivity contribution is 5.91. The molecule has 0 amide bonds. The minimum Gasteiger partial charge on any atom is -0.395 e. The third-order valence-corrected chi connectivity index (χ3v) is 5.26. The van der Waals surface area contributed by atoms with Crippen molar-refractivity contribution in [2.75, 3.05) is 44.2 Å². The van der Waals surface area contributed by atoms with Crippen molar-refractivity contribution in [3.8, 4) is 11.4 Å². The molecule has 2 N–H and O–H groups in total. The molecule has 1 aliphatic heterocycles. The van der Waals surface area contributed by atoms with E-state index >= 15 is 0 Å². The van der Waals surface area contributed by atoms with Crippen molar-refractivity contribution < 1.29 is 5.11 Å². The maximum atomic E-state index is 9.12. The topological polar surface area (TPSA) is 55.4 Å². The van der Waals surface area contributed by atoms with Gasteiger partial charge in [-0.1, -0.05) is 37.3 Å². The number of fused-ring (bicyclic) bond motifs is 1. The Bertz CT molecular complexity index is 863. The number of hydrogen-bond acceptors (Lipinski definition) is 4. The van der Waals surface area contributed by atoms with E-state index < -0.39 is 0 Å². The van der Waals surface area contributed by atoms with Crippen LogP contribution in [0.2, 0.25) is 0 Å². The smallest absolute Gasteiger partial charge is 0.138 e. The molecule has 1 aliphatic rings. The lowest BCUT2D eigenvalue weighted by molar-refractivity contribution is 0.189. The lowest BCUT2D eigenvalue weighted by Crippen LogP contribution is -2.47. The molecule has 5 nitrogen and oxygen atoms in total. The summed E-state index contributed by atoms with van der Waals surface area (Å²) in [5, 5.41) is 9.12. The van der Waals surface area contributed by atoms with Crippen LogP contribution in [0.25, 0.3) is 22.4 Å². The molecule has 1 fully saturated rings. The van der Waals surface area contributed by atoms with Crippen LogP contribution in [0.15, 0.2) is 42.5 Å². The van der Waals surface area contributed by atoms with Gasteiger partial charge in [0.25, 0.3) is 0 Å². The average molecular weight is 350 g/mol. The Morgan fingerprint density at radius 2 is 1.81 bits per heavy atom. The van der Waals surface area contributed by atoms with Gasteiger partial charge in [0.15, 0.2) is 0 Å². The zero-order valence-electron chi connectivity index (χ0n) is 15.3. The van der Waals surface area contributed by atoms with E-state index in [-0.39, 0.29) is 6.61 Å². The number of piperazine rings is 1. The van der Waals surface area contributed by atoms with Crippen LogP contribution >= 0.6 is 0 Å². The lowest BCUT2D eigenvalue weighted by atomic mass is 10.1. The second-order valence-electron chi connectivity index (χ2n) is 6.86. The molecule has 3 aromatic rings. The summed E-state index contributed by atoms with van der Waals surface area (Å²) in [7, 11) is 0. The van der Waals surface area contributed by atoms with Gasteiger partial charge in [-0.25, -0.2) is 4.98 Å². The number of nitrogens with one attached hydrogen (secondary N) is 1. The summed E-state index contributed by atoms with van der Waals surface area (Å²) in [6, 6.07) is 15.0. The summed E-state index contributed by atoms with van der Waals surface area (Å²) in [6.45, 7) is 7.05. The van der Waals surface area contributed by atoms with Crippen LogP contribution in [0.1, 0.15) is 12.5 Å². The number of rotatable bonds is 5. The molecule has 2 heterocycles. The molecule has 0 spiro atoms. The van der Waals surface area contributed by atoms with Crippen LogP contribution in [0.5, 0.6) is 0 Å². The normalized spacial score (nSPS) is 15.7. The van der Waals surface area contributed by atoms with E-state index in [0.29, 0.717) is 0 Å². The molecule has 2 aromatic carbocycles. The van der Waals surface area contributed by atoms with Crippen molar-refractivity contribution in [1.29, 1.82) is 0 Å². The molecule has 1 saturated heterocycles. The van der Waals surface area contributed by atoms with Gasteiger partial charge in [-0.2, -0.15) is 0 Å². The molecule has 136 valence electrons. The van der Waals surface area contributed by atoms with Crippen LogP contribution in [-0.4, -0.2) is 59.3 Å². The fraction of sp³-hybridized carbons (Fsp3) is 0.381. The van der Waals surface area contributed by atoms with E-state index in [0.717, 1.165) is 61.6 Å². The molecular formula is C21H26N4O. The Morgan fingerprint density at radius 1 is 1.04 bits per heavy atom. The number of hydrogen-bond donors (Lipinski definition) is 2. The maximum absolute atomic E-state index is 9.12. The molecule has 0 saturated carbocycles. The van der Waals surface area contributed by atoms with Crippen LogP contribution in [0.3, 0.4) is 0 Å². The van der Waals surface area contributed by atoms with E-state index in [1.165, 1.54) is 11.3 Å². The number of aromatic amines is 1. The summed E-state index contributed by atoms with van der Waals surface area (Å²) in [6.07, 6.45) is 1.05. The van der Waals surface area contributed by atoms with Crippen LogP contribution in [-0.2, 0) is 6.42 Å². The monoisotopic (exact) mass is 350 g/mol. The first kappa shape index (κ1) is 17.1. The number of anilines is 1. The Labute approximate surface area is 154 Å². The van der Waals surface area contributed by atoms with Gasteiger partial charge in [0.1, 0.15) is 11.3 Å². The first-order valence-corrected chi connectivity index (χ1v) is 9.44. The maximum Gasteiger partial charge on any atom is 0.138 e. The first-order valence-electron chi connectivity index (χ1n) is 9.44. The Kier molecular flexibility index (Phi) is 4.91. The summed E-state index contributed by atoms with van der Waals surface area (Å²) >= 11 is 0. The Morgan fingerprint density at radius 3 is 2.50 bits per heavy atom. The molecule has 4 rings (SSSR count). The van der Waals surface area contributed by atoms with Crippen molar-refractivity contribution in [2.45, 2.75) is 13.3 Å². The van der Waals surface area contributed by atoms with Gasteiger partial charge in [-0.05, 0) is 24.1 Å². The number of imidazole rings is 1. The number of aliphatic hydroxyl groups is 1. The lowest BCUT2D eigenvalue weighted by Gasteiger charge is -2.35. The fourth-order valence-corrected chi connectivity index (χ4v) is 3.66. The predicted molar refractivity (Wildman–Crippen MR) is 107 cm³/mol. The van der Waals surface area contributed by atoms with Gasteiger partial charge < -0.3 is 15.0 Å². The third-order valence-electron chi connectivity index (χ3n) is 5.26. The average Bonchev–Trinajstić information content (AvgIpc) is 3.13. The molecular weight excluding hydrogens is 324 g/mol. The van der Waals surface area contributed by atoms with E-state index in [1.807, 2.05) is 0 Å². The van der Waals surface area contributed by atoms with Gasteiger partial charge in [-0.3, -0.25) is 4.90 Å². The van der Waals surface area contributed by atoms with Gasteiger partial charge in [0, 0.05) is 38.3 Å². The summed E-state index contributed by atoms with van der Waals surface area (Å²) < 4.78 is 0. The minimum atomic E-state index is 0.231. The number of para-hydroxylation sites is 1. The molecule has 0 aliphatic carbocycles. The zero-order valence-corrected chi connectivity index (χ0v) is 15.3. The first-order chi connectivity index (χ1) is 12.8. The SMILES string of the molecule is CCc1ccc(-c2nc3c(N4CCN(CCO)CC4)cccc3[nH]2)cc1. The molecule has 0 atom stereocenters.